The van der Waals surface area contributed by atoms with Gasteiger partial charge < -0.3 is 14.7 Å². The third-order valence-electron chi connectivity index (χ3n) is 3.80. The predicted molar refractivity (Wildman–Crippen MR) is 92.3 cm³/mol. The Kier molecular flexibility index (Phi) is 6.47. The molecule has 1 N–H and O–H groups in total. The van der Waals surface area contributed by atoms with Gasteiger partial charge in [0.25, 0.3) is 5.69 Å². The van der Waals surface area contributed by atoms with Crippen molar-refractivity contribution < 1.29 is 19.6 Å². The van der Waals surface area contributed by atoms with E-state index in [-0.39, 0.29) is 18.4 Å². The highest BCUT2D eigenvalue weighted by Gasteiger charge is 2.16. The van der Waals surface area contributed by atoms with E-state index in [1.807, 2.05) is 30.3 Å². The summed E-state index contributed by atoms with van der Waals surface area (Å²) in [5, 5.41) is 19.8. The van der Waals surface area contributed by atoms with Crippen molar-refractivity contribution >= 4 is 11.8 Å². The molecule has 1 amide bonds. The average molecular weight is 344 g/mol. The van der Waals surface area contributed by atoms with Crippen molar-refractivity contribution in [3.8, 4) is 0 Å². The maximum atomic E-state index is 11.0. The first-order valence-corrected chi connectivity index (χ1v) is 7.81. The van der Waals surface area contributed by atoms with Crippen molar-refractivity contribution in [1.29, 1.82) is 0 Å². The Bertz CT molecular complexity index is 720. The van der Waals surface area contributed by atoms with Crippen molar-refractivity contribution in [2.45, 2.75) is 19.1 Å². The van der Waals surface area contributed by atoms with Crippen LogP contribution < -0.4 is 0 Å². The van der Waals surface area contributed by atoms with Crippen LogP contribution in [0, 0.1) is 10.1 Å². The molecule has 0 aliphatic heterocycles. The minimum Gasteiger partial charge on any atom is -0.465 e. The Balaban J connectivity index is 2.06. The van der Waals surface area contributed by atoms with Gasteiger partial charge in [-0.25, -0.2) is 4.79 Å². The molecule has 0 radical (unpaired) electrons. The standard InChI is InChI=1S/C18H20N2O5/c1-19(18(21)22)11-10-17(15-7-3-2-4-8-15)25-13-14-6-5-9-16(12-14)20(23)24/h2-9,12,17H,10-11,13H2,1H3,(H,21,22). The first kappa shape index (κ1) is 18.4. The summed E-state index contributed by atoms with van der Waals surface area (Å²) in [6.45, 7) is 0.530. The van der Waals surface area contributed by atoms with Crippen molar-refractivity contribution in [1.82, 2.24) is 4.90 Å². The van der Waals surface area contributed by atoms with E-state index < -0.39 is 11.0 Å². The van der Waals surface area contributed by atoms with Gasteiger partial charge in [-0.15, -0.1) is 0 Å². The molecular weight excluding hydrogens is 324 g/mol. The summed E-state index contributed by atoms with van der Waals surface area (Å²) in [7, 11) is 1.50. The van der Waals surface area contributed by atoms with E-state index in [0.29, 0.717) is 18.5 Å². The summed E-state index contributed by atoms with van der Waals surface area (Å²) >= 11 is 0. The molecule has 1 unspecified atom stereocenters. The number of carbonyl (C=O) groups is 1. The Labute approximate surface area is 145 Å². The van der Waals surface area contributed by atoms with Gasteiger partial charge in [0.05, 0.1) is 17.6 Å². The van der Waals surface area contributed by atoms with Gasteiger partial charge in [-0.3, -0.25) is 10.1 Å². The predicted octanol–water partition coefficient (Wildman–Crippen LogP) is 3.85. The number of rotatable bonds is 8. The summed E-state index contributed by atoms with van der Waals surface area (Å²) in [5.41, 5.74) is 1.65. The molecule has 0 aliphatic carbocycles. The Hall–Kier alpha value is -2.93. The Morgan fingerprint density at radius 3 is 2.60 bits per heavy atom. The van der Waals surface area contributed by atoms with Crippen LogP contribution in [-0.2, 0) is 11.3 Å². The molecule has 2 aromatic rings. The first-order valence-electron chi connectivity index (χ1n) is 7.81. The monoisotopic (exact) mass is 344 g/mol. The van der Waals surface area contributed by atoms with E-state index >= 15 is 0 Å². The number of hydrogen-bond acceptors (Lipinski definition) is 4. The van der Waals surface area contributed by atoms with E-state index in [9.17, 15) is 14.9 Å². The van der Waals surface area contributed by atoms with E-state index in [2.05, 4.69) is 0 Å². The third-order valence-corrected chi connectivity index (χ3v) is 3.80. The smallest absolute Gasteiger partial charge is 0.407 e. The lowest BCUT2D eigenvalue weighted by Gasteiger charge is -2.21. The molecule has 0 heterocycles. The molecule has 132 valence electrons. The van der Waals surface area contributed by atoms with Crippen LogP contribution in [-0.4, -0.2) is 34.6 Å². The maximum absolute atomic E-state index is 11.0. The Morgan fingerprint density at radius 2 is 1.96 bits per heavy atom. The van der Waals surface area contributed by atoms with Crippen LogP contribution in [0.2, 0.25) is 0 Å². The molecule has 7 heteroatoms. The van der Waals surface area contributed by atoms with Gasteiger partial charge in [-0.1, -0.05) is 42.5 Å². The fourth-order valence-corrected chi connectivity index (χ4v) is 2.38. The van der Waals surface area contributed by atoms with E-state index in [1.54, 1.807) is 12.1 Å². The molecule has 2 aromatic carbocycles. The molecule has 25 heavy (non-hydrogen) atoms. The van der Waals surface area contributed by atoms with Crippen molar-refractivity contribution in [3.63, 3.8) is 0 Å². The highest BCUT2D eigenvalue weighted by atomic mass is 16.6. The zero-order chi connectivity index (χ0) is 18.2. The average Bonchev–Trinajstić information content (AvgIpc) is 2.62. The van der Waals surface area contributed by atoms with Crippen LogP contribution in [0.4, 0.5) is 10.5 Å². The van der Waals surface area contributed by atoms with Crippen LogP contribution in [0.1, 0.15) is 23.7 Å². The summed E-state index contributed by atoms with van der Waals surface area (Å²) in [4.78, 5) is 22.6. The van der Waals surface area contributed by atoms with Crippen molar-refractivity contribution in [2.24, 2.45) is 0 Å². The van der Waals surface area contributed by atoms with Gasteiger partial charge in [0.15, 0.2) is 0 Å². The minimum absolute atomic E-state index is 0.0166. The van der Waals surface area contributed by atoms with Gasteiger partial charge in [0.1, 0.15) is 0 Å². The van der Waals surface area contributed by atoms with E-state index in [0.717, 1.165) is 5.56 Å². The molecule has 0 fully saturated rings. The normalized spacial score (nSPS) is 11.7. The zero-order valence-electron chi connectivity index (χ0n) is 13.9. The largest absolute Gasteiger partial charge is 0.465 e. The number of nitrogens with zero attached hydrogens (tertiary/aromatic N) is 2. The topological polar surface area (TPSA) is 92.9 Å². The molecular formula is C18H20N2O5. The van der Waals surface area contributed by atoms with Gasteiger partial charge in [-0.2, -0.15) is 0 Å². The van der Waals surface area contributed by atoms with Gasteiger partial charge in [-0.05, 0) is 17.5 Å². The number of nitro benzene ring substituents is 1. The molecule has 2 rings (SSSR count). The molecule has 0 spiro atoms. The second-order valence-electron chi connectivity index (χ2n) is 5.63. The third kappa shape index (κ3) is 5.58. The lowest BCUT2D eigenvalue weighted by molar-refractivity contribution is -0.385. The highest BCUT2D eigenvalue weighted by molar-refractivity contribution is 5.64. The molecule has 7 nitrogen and oxygen atoms in total. The first-order chi connectivity index (χ1) is 12.0. The molecule has 0 saturated carbocycles. The highest BCUT2D eigenvalue weighted by Crippen LogP contribution is 2.24. The van der Waals surface area contributed by atoms with Crippen LogP contribution in [0.25, 0.3) is 0 Å². The second-order valence-corrected chi connectivity index (χ2v) is 5.63. The molecule has 0 aromatic heterocycles. The number of hydrogen-bond donors (Lipinski definition) is 1. The van der Waals surface area contributed by atoms with E-state index in [1.165, 1.54) is 24.1 Å². The number of benzene rings is 2. The number of non-ortho nitro benzene ring substituents is 1. The van der Waals surface area contributed by atoms with Crippen LogP contribution in [0.3, 0.4) is 0 Å². The fourth-order valence-electron chi connectivity index (χ4n) is 2.38. The van der Waals surface area contributed by atoms with Crippen LogP contribution >= 0.6 is 0 Å². The summed E-state index contributed by atoms with van der Waals surface area (Å²) in [6, 6.07) is 15.8. The number of carboxylic acid groups (broad SMARTS) is 1. The van der Waals surface area contributed by atoms with Crippen molar-refractivity contribution in [3.05, 3.63) is 75.8 Å². The van der Waals surface area contributed by atoms with Crippen LogP contribution in [0.5, 0.6) is 0 Å². The SMILES string of the molecule is CN(CCC(OCc1cccc([N+](=O)[O-])c1)c1ccccc1)C(=O)O. The quantitative estimate of drug-likeness (QED) is 0.580. The molecule has 0 saturated heterocycles. The summed E-state index contributed by atoms with van der Waals surface area (Å²) < 4.78 is 5.94. The van der Waals surface area contributed by atoms with Gasteiger partial charge >= 0.3 is 6.09 Å². The van der Waals surface area contributed by atoms with Crippen LogP contribution in [0.15, 0.2) is 54.6 Å². The minimum atomic E-state index is -0.995. The summed E-state index contributed by atoms with van der Waals surface area (Å²) in [6.07, 6.45) is -0.811. The maximum Gasteiger partial charge on any atom is 0.407 e. The Morgan fingerprint density at radius 1 is 1.24 bits per heavy atom. The fraction of sp³-hybridized carbons (Fsp3) is 0.278. The lowest BCUT2D eigenvalue weighted by atomic mass is 10.1. The lowest BCUT2D eigenvalue weighted by Crippen LogP contribution is -2.27. The molecule has 0 aliphatic rings. The number of ether oxygens (including phenoxy) is 1. The number of amides is 1. The zero-order valence-corrected chi connectivity index (χ0v) is 13.9. The van der Waals surface area contributed by atoms with Crippen molar-refractivity contribution in [2.75, 3.05) is 13.6 Å². The van der Waals surface area contributed by atoms with Gasteiger partial charge in [0, 0.05) is 25.7 Å². The van der Waals surface area contributed by atoms with Gasteiger partial charge in [0.2, 0.25) is 0 Å². The molecule has 1 atom stereocenters. The van der Waals surface area contributed by atoms with E-state index in [4.69, 9.17) is 9.84 Å². The summed E-state index contributed by atoms with van der Waals surface area (Å²) in [5.74, 6) is 0. The second kappa shape index (κ2) is 8.79. The number of nitro groups is 1. The molecule has 0 bridgehead atoms.